The number of anilines is 2. The predicted molar refractivity (Wildman–Crippen MR) is 86.3 cm³/mol. The molecule has 1 aliphatic rings. The van der Waals surface area contributed by atoms with Crippen molar-refractivity contribution in [3.05, 3.63) is 60.4 Å². The Morgan fingerprint density at radius 3 is 2.65 bits per heavy atom. The standard InChI is InChI=1S/C17H12N4O2/c22-16-10-21(15-8-4-3-7-13(15)20-16)17(23)14-9-18-11-5-1-2-6-12(11)19-14/h1-9H,10H2,(H,20,22). The van der Waals surface area contributed by atoms with Crippen molar-refractivity contribution in [2.75, 3.05) is 16.8 Å². The Labute approximate surface area is 131 Å². The highest BCUT2D eigenvalue weighted by Crippen LogP contribution is 2.29. The molecule has 23 heavy (non-hydrogen) atoms. The SMILES string of the molecule is O=C1CN(C(=O)c2cnc3ccccc3n2)c2ccccc2N1. The number of benzene rings is 2. The van der Waals surface area contributed by atoms with E-state index >= 15 is 0 Å². The lowest BCUT2D eigenvalue weighted by atomic mass is 10.2. The van der Waals surface area contributed by atoms with Gasteiger partial charge in [-0.05, 0) is 24.3 Å². The number of fused-ring (bicyclic) bond motifs is 2. The highest BCUT2D eigenvalue weighted by atomic mass is 16.2. The Balaban J connectivity index is 1.77. The third-order valence-corrected chi connectivity index (χ3v) is 3.68. The minimum atomic E-state index is -0.342. The van der Waals surface area contributed by atoms with Crippen molar-refractivity contribution < 1.29 is 9.59 Å². The average molecular weight is 304 g/mol. The van der Waals surface area contributed by atoms with E-state index in [9.17, 15) is 9.59 Å². The number of hydrogen-bond acceptors (Lipinski definition) is 4. The molecule has 2 amide bonds. The van der Waals surface area contributed by atoms with Gasteiger partial charge in [0.15, 0.2) is 0 Å². The summed E-state index contributed by atoms with van der Waals surface area (Å²) in [5, 5.41) is 2.76. The summed E-state index contributed by atoms with van der Waals surface area (Å²) in [6.07, 6.45) is 1.44. The Morgan fingerprint density at radius 2 is 1.78 bits per heavy atom. The highest BCUT2D eigenvalue weighted by molar-refractivity contribution is 6.14. The molecule has 1 aliphatic heterocycles. The fraction of sp³-hybridized carbons (Fsp3) is 0.0588. The second-order valence-electron chi connectivity index (χ2n) is 5.20. The van der Waals surface area contributed by atoms with E-state index in [0.717, 1.165) is 5.52 Å². The number of nitrogens with zero attached hydrogens (tertiary/aromatic N) is 3. The molecule has 0 radical (unpaired) electrons. The summed E-state index contributed by atoms with van der Waals surface area (Å²) in [7, 11) is 0. The van der Waals surface area contributed by atoms with Crippen molar-refractivity contribution in [1.29, 1.82) is 0 Å². The second-order valence-corrected chi connectivity index (χ2v) is 5.20. The molecule has 0 spiro atoms. The van der Waals surface area contributed by atoms with E-state index in [-0.39, 0.29) is 24.1 Å². The van der Waals surface area contributed by atoms with Crippen LogP contribution in [0.5, 0.6) is 0 Å². The van der Waals surface area contributed by atoms with Crippen molar-refractivity contribution >= 4 is 34.2 Å². The molecule has 2 heterocycles. The van der Waals surface area contributed by atoms with Crippen LogP contribution in [0.2, 0.25) is 0 Å². The first kappa shape index (κ1) is 13.4. The zero-order valence-electron chi connectivity index (χ0n) is 12.1. The van der Waals surface area contributed by atoms with Gasteiger partial charge in [0.25, 0.3) is 5.91 Å². The number of para-hydroxylation sites is 4. The lowest BCUT2D eigenvalue weighted by molar-refractivity contribution is -0.115. The molecule has 0 bridgehead atoms. The quantitative estimate of drug-likeness (QED) is 0.748. The summed E-state index contributed by atoms with van der Waals surface area (Å²) >= 11 is 0. The fourth-order valence-corrected chi connectivity index (χ4v) is 2.61. The molecule has 0 atom stereocenters. The van der Waals surface area contributed by atoms with Gasteiger partial charge in [-0.15, -0.1) is 0 Å². The number of carbonyl (C=O) groups excluding carboxylic acids is 2. The Bertz CT molecular complexity index is 939. The summed E-state index contributed by atoms with van der Waals surface area (Å²) in [6.45, 7) is -0.0373. The third kappa shape index (κ3) is 2.30. The minimum Gasteiger partial charge on any atom is -0.323 e. The molecule has 0 saturated heterocycles. The van der Waals surface area contributed by atoms with Crippen molar-refractivity contribution in [1.82, 2.24) is 9.97 Å². The minimum absolute atomic E-state index is 0.0373. The zero-order chi connectivity index (χ0) is 15.8. The molecule has 6 nitrogen and oxygen atoms in total. The molecule has 0 unspecified atom stereocenters. The van der Waals surface area contributed by atoms with Crippen molar-refractivity contribution in [3.8, 4) is 0 Å². The van der Waals surface area contributed by atoms with E-state index in [1.807, 2.05) is 30.3 Å². The third-order valence-electron chi connectivity index (χ3n) is 3.68. The molecular formula is C17H12N4O2. The van der Waals surface area contributed by atoms with Gasteiger partial charge in [0.2, 0.25) is 5.91 Å². The van der Waals surface area contributed by atoms with Gasteiger partial charge in [-0.1, -0.05) is 24.3 Å². The molecule has 6 heteroatoms. The maximum atomic E-state index is 12.8. The van der Waals surface area contributed by atoms with Crippen LogP contribution in [0.25, 0.3) is 11.0 Å². The summed E-state index contributed by atoms with van der Waals surface area (Å²) < 4.78 is 0. The number of rotatable bonds is 1. The first-order chi connectivity index (χ1) is 11.2. The van der Waals surface area contributed by atoms with Gasteiger partial charge in [-0.25, -0.2) is 4.98 Å². The normalized spacial score (nSPS) is 13.6. The van der Waals surface area contributed by atoms with Crippen molar-refractivity contribution in [3.63, 3.8) is 0 Å². The van der Waals surface area contributed by atoms with Gasteiger partial charge in [-0.2, -0.15) is 0 Å². The topological polar surface area (TPSA) is 75.2 Å². The molecule has 1 aromatic heterocycles. The maximum absolute atomic E-state index is 12.8. The molecule has 0 aliphatic carbocycles. The summed E-state index contributed by atoms with van der Waals surface area (Å²) in [5.41, 5.74) is 2.86. The van der Waals surface area contributed by atoms with Crippen LogP contribution in [0.3, 0.4) is 0 Å². The van der Waals surface area contributed by atoms with E-state index < -0.39 is 0 Å². The average Bonchev–Trinajstić information content (AvgIpc) is 2.60. The largest absolute Gasteiger partial charge is 0.323 e. The lowest BCUT2D eigenvalue weighted by Crippen LogP contribution is -2.42. The van der Waals surface area contributed by atoms with Crippen LogP contribution in [-0.2, 0) is 4.79 Å². The first-order valence-corrected chi connectivity index (χ1v) is 7.15. The van der Waals surface area contributed by atoms with Crippen LogP contribution in [0.1, 0.15) is 10.5 Å². The molecule has 1 N–H and O–H groups in total. The molecular weight excluding hydrogens is 292 g/mol. The molecule has 0 fully saturated rings. The van der Waals surface area contributed by atoms with E-state index in [0.29, 0.717) is 16.9 Å². The van der Waals surface area contributed by atoms with Crippen LogP contribution < -0.4 is 10.2 Å². The van der Waals surface area contributed by atoms with Crippen LogP contribution in [0.15, 0.2) is 54.7 Å². The summed E-state index contributed by atoms with van der Waals surface area (Å²) in [5.74, 6) is -0.573. The lowest BCUT2D eigenvalue weighted by Gasteiger charge is -2.28. The Morgan fingerprint density at radius 1 is 1.04 bits per heavy atom. The van der Waals surface area contributed by atoms with Crippen molar-refractivity contribution in [2.45, 2.75) is 0 Å². The highest BCUT2D eigenvalue weighted by Gasteiger charge is 2.28. The van der Waals surface area contributed by atoms with Crippen LogP contribution in [0.4, 0.5) is 11.4 Å². The Kier molecular flexibility index (Phi) is 3.01. The van der Waals surface area contributed by atoms with Gasteiger partial charge < -0.3 is 5.32 Å². The fourth-order valence-electron chi connectivity index (χ4n) is 2.61. The predicted octanol–water partition coefficient (Wildman–Crippen LogP) is 2.23. The molecule has 2 aromatic carbocycles. The van der Waals surface area contributed by atoms with Crippen LogP contribution in [0, 0.1) is 0 Å². The monoisotopic (exact) mass is 304 g/mol. The summed E-state index contributed by atoms with van der Waals surface area (Å²) in [6, 6.07) is 14.5. The van der Waals surface area contributed by atoms with E-state index in [1.165, 1.54) is 11.1 Å². The number of hydrogen-bond donors (Lipinski definition) is 1. The van der Waals surface area contributed by atoms with E-state index in [4.69, 9.17) is 0 Å². The molecule has 4 rings (SSSR count). The maximum Gasteiger partial charge on any atom is 0.279 e. The van der Waals surface area contributed by atoms with Gasteiger partial charge >= 0.3 is 0 Å². The van der Waals surface area contributed by atoms with Crippen molar-refractivity contribution in [2.24, 2.45) is 0 Å². The van der Waals surface area contributed by atoms with Gasteiger partial charge in [0.05, 0.1) is 28.6 Å². The first-order valence-electron chi connectivity index (χ1n) is 7.15. The molecule has 3 aromatic rings. The molecule has 0 saturated carbocycles. The summed E-state index contributed by atoms with van der Waals surface area (Å²) in [4.78, 5) is 34.7. The number of amides is 2. The smallest absolute Gasteiger partial charge is 0.279 e. The van der Waals surface area contributed by atoms with Gasteiger partial charge in [0, 0.05) is 0 Å². The van der Waals surface area contributed by atoms with Gasteiger partial charge in [0.1, 0.15) is 12.2 Å². The molecule has 112 valence electrons. The second kappa shape index (κ2) is 5.17. The van der Waals surface area contributed by atoms with E-state index in [1.54, 1.807) is 18.2 Å². The zero-order valence-corrected chi connectivity index (χ0v) is 12.1. The number of carbonyl (C=O) groups is 2. The Hall–Kier alpha value is -3.28. The van der Waals surface area contributed by atoms with Crippen LogP contribution >= 0.6 is 0 Å². The van der Waals surface area contributed by atoms with Gasteiger partial charge in [-0.3, -0.25) is 19.5 Å². The number of nitrogens with one attached hydrogen (secondary N) is 1. The van der Waals surface area contributed by atoms with E-state index in [2.05, 4.69) is 15.3 Å². The number of aromatic nitrogens is 2. The van der Waals surface area contributed by atoms with Crippen LogP contribution in [-0.4, -0.2) is 28.3 Å².